The zero-order valence-electron chi connectivity index (χ0n) is 11.5. The Morgan fingerprint density at radius 2 is 2.12 bits per heavy atom. The minimum absolute atomic E-state index is 0.229. The summed E-state index contributed by atoms with van der Waals surface area (Å²) in [5.74, 6) is 0. The standard InChI is InChI=1S/C14H26N2O/c1-13(2,5-4-9-15)11-16-12-14(6-7-14)8-10-17-3/h16H,4-8,10-12H2,1-3H3. The molecule has 98 valence electrons. The number of hydrogen-bond acceptors (Lipinski definition) is 3. The monoisotopic (exact) mass is 238 g/mol. The maximum Gasteiger partial charge on any atom is 0.0621 e. The molecule has 17 heavy (non-hydrogen) atoms. The van der Waals surface area contributed by atoms with Gasteiger partial charge in [0.2, 0.25) is 0 Å². The van der Waals surface area contributed by atoms with E-state index in [2.05, 4.69) is 25.2 Å². The normalized spacial score (nSPS) is 17.8. The summed E-state index contributed by atoms with van der Waals surface area (Å²) in [7, 11) is 1.77. The molecule has 0 aromatic heterocycles. The highest BCUT2D eigenvalue weighted by Crippen LogP contribution is 2.48. The van der Waals surface area contributed by atoms with Gasteiger partial charge in [0.05, 0.1) is 6.07 Å². The first-order valence-electron chi connectivity index (χ1n) is 6.60. The molecule has 3 heteroatoms. The molecule has 0 radical (unpaired) electrons. The van der Waals surface area contributed by atoms with E-state index in [0.29, 0.717) is 11.8 Å². The highest BCUT2D eigenvalue weighted by molar-refractivity contribution is 4.95. The Morgan fingerprint density at radius 1 is 1.41 bits per heavy atom. The van der Waals surface area contributed by atoms with E-state index in [0.717, 1.165) is 26.1 Å². The van der Waals surface area contributed by atoms with Crippen molar-refractivity contribution in [3.63, 3.8) is 0 Å². The van der Waals surface area contributed by atoms with Crippen LogP contribution in [0.4, 0.5) is 0 Å². The Hall–Kier alpha value is -0.590. The van der Waals surface area contributed by atoms with Crippen LogP contribution in [-0.4, -0.2) is 26.8 Å². The lowest BCUT2D eigenvalue weighted by molar-refractivity contribution is 0.169. The van der Waals surface area contributed by atoms with Gasteiger partial charge < -0.3 is 10.1 Å². The zero-order valence-corrected chi connectivity index (χ0v) is 11.5. The van der Waals surface area contributed by atoms with Crippen LogP contribution in [0.1, 0.15) is 46.0 Å². The minimum Gasteiger partial charge on any atom is -0.385 e. The third-order valence-electron chi connectivity index (χ3n) is 3.81. The van der Waals surface area contributed by atoms with Gasteiger partial charge in [-0.15, -0.1) is 0 Å². The molecule has 0 aliphatic heterocycles. The fourth-order valence-electron chi connectivity index (χ4n) is 2.16. The van der Waals surface area contributed by atoms with Crippen LogP contribution in [-0.2, 0) is 4.74 Å². The third-order valence-corrected chi connectivity index (χ3v) is 3.81. The van der Waals surface area contributed by atoms with Crippen LogP contribution in [0.2, 0.25) is 0 Å². The molecule has 1 aliphatic carbocycles. The molecule has 0 aromatic carbocycles. The third kappa shape index (κ3) is 5.52. The quantitative estimate of drug-likeness (QED) is 0.672. The SMILES string of the molecule is COCCC1(CNCC(C)(C)CCC#N)CC1. The maximum absolute atomic E-state index is 8.61. The van der Waals surface area contributed by atoms with Crippen LogP contribution in [0.15, 0.2) is 0 Å². The molecule has 1 aliphatic rings. The molecule has 0 heterocycles. The van der Waals surface area contributed by atoms with Crippen molar-refractivity contribution in [2.75, 3.05) is 26.8 Å². The topological polar surface area (TPSA) is 45.0 Å². The van der Waals surface area contributed by atoms with E-state index in [1.54, 1.807) is 7.11 Å². The molecule has 0 unspecified atom stereocenters. The van der Waals surface area contributed by atoms with Gasteiger partial charge in [-0.3, -0.25) is 0 Å². The average Bonchev–Trinajstić information content (AvgIpc) is 3.04. The Bertz CT molecular complexity index is 264. The summed E-state index contributed by atoms with van der Waals surface area (Å²) in [6, 6.07) is 2.23. The van der Waals surface area contributed by atoms with Gasteiger partial charge in [-0.05, 0) is 36.5 Å². The van der Waals surface area contributed by atoms with E-state index in [1.165, 1.54) is 19.3 Å². The fourth-order valence-corrected chi connectivity index (χ4v) is 2.16. The number of nitriles is 1. The number of rotatable bonds is 9. The van der Waals surface area contributed by atoms with E-state index in [1.807, 2.05) is 0 Å². The molecule has 1 rings (SSSR count). The van der Waals surface area contributed by atoms with Crippen molar-refractivity contribution in [1.82, 2.24) is 5.32 Å². The summed E-state index contributed by atoms with van der Waals surface area (Å²) in [6.07, 6.45) is 5.48. The molecule has 0 saturated heterocycles. The molecule has 1 N–H and O–H groups in total. The molecule has 1 fully saturated rings. The summed E-state index contributed by atoms with van der Waals surface area (Å²) in [4.78, 5) is 0. The van der Waals surface area contributed by atoms with E-state index >= 15 is 0 Å². The smallest absolute Gasteiger partial charge is 0.0621 e. The molecule has 0 spiro atoms. The first-order chi connectivity index (χ1) is 8.04. The van der Waals surface area contributed by atoms with Crippen molar-refractivity contribution in [3.8, 4) is 6.07 Å². The number of nitrogens with one attached hydrogen (secondary N) is 1. The molecule has 0 bridgehead atoms. The van der Waals surface area contributed by atoms with Crippen molar-refractivity contribution >= 4 is 0 Å². The molecule has 3 nitrogen and oxygen atoms in total. The second-order valence-corrected chi connectivity index (χ2v) is 6.17. The van der Waals surface area contributed by atoms with Crippen molar-refractivity contribution < 1.29 is 4.74 Å². The van der Waals surface area contributed by atoms with Gasteiger partial charge in [0.25, 0.3) is 0 Å². The van der Waals surface area contributed by atoms with Crippen LogP contribution in [0.5, 0.6) is 0 Å². The molecule has 0 amide bonds. The van der Waals surface area contributed by atoms with Crippen LogP contribution < -0.4 is 5.32 Å². The number of ether oxygens (including phenoxy) is 1. The zero-order chi connectivity index (χ0) is 12.8. The lowest BCUT2D eigenvalue weighted by atomic mass is 9.87. The van der Waals surface area contributed by atoms with Crippen molar-refractivity contribution in [2.24, 2.45) is 10.8 Å². The maximum atomic E-state index is 8.61. The molecular weight excluding hydrogens is 212 g/mol. The van der Waals surface area contributed by atoms with Gasteiger partial charge in [-0.2, -0.15) is 5.26 Å². The van der Waals surface area contributed by atoms with Gasteiger partial charge in [-0.25, -0.2) is 0 Å². The van der Waals surface area contributed by atoms with E-state index in [-0.39, 0.29) is 5.41 Å². The number of nitrogens with zero attached hydrogens (tertiary/aromatic N) is 1. The minimum atomic E-state index is 0.229. The Kier molecular flexibility index (Phi) is 5.42. The van der Waals surface area contributed by atoms with Gasteiger partial charge in [-0.1, -0.05) is 13.8 Å². The number of hydrogen-bond donors (Lipinski definition) is 1. The van der Waals surface area contributed by atoms with Crippen LogP contribution in [0, 0.1) is 22.2 Å². The Morgan fingerprint density at radius 3 is 2.65 bits per heavy atom. The first kappa shape index (κ1) is 14.5. The summed E-state index contributed by atoms with van der Waals surface area (Å²) >= 11 is 0. The van der Waals surface area contributed by atoms with Crippen molar-refractivity contribution in [2.45, 2.75) is 46.0 Å². The van der Waals surface area contributed by atoms with Gasteiger partial charge in [0.1, 0.15) is 0 Å². The van der Waals surface area contributed by atoms with Gasteiger partial charge >= 0.3 is 0 Å². The van der Waals surface area contributed by atoms with Gasteiger partial charge in [0, 0.05) is 33.2 Å². The second kappa shape index (κ2) is 6.37. The van der Waals surface area contributed by atoms with E-state index < -0.39 is 0 Å². The first-order valence-corrected chi connectivity index (χ1v) is 6.60. The van der Waals surface area contributed by atoms with Crippen molar-refractivity contribution in [1.29, 1.82) is 5.26 Å². The predicted molar refractivity (Wildman–Crippen MR) is 69.7 cm³/mol. The molecule has 0 aromatic rings. The molecule has 1 saturated carbocycles. The predicted octanol–water partition coefficient (Wildman–Crippen LogP) is 2.72. The highest BCUT2D eigenvalue weighted by Gasteiger charge is 2.41. The largest absolute Gasteiger partial charge is 0.385 e. The summed E-state index contributed by atoms with van der Waals surface area (Å²) in [6.45, 7) is 7.44. The number of methoxy groups -OCH3 is 1. The lowest BCUT2D eigenvalue weighted by Crippen LogP contribution is -2.33. The lowest BCUT2D eigenvalue weighted by Gasteiger charge is -2.25. The fraction of sp³-hybridized carbons (Fsp3) is 0.929. The average molecular weight is 238 g/mol. The summed E-state index contributed by atoms with van der Waals surface area (Å²) in [5, 5.41) is 12.2. The van der Waals surface area contributed by atoms with Gasteiger partial charge in [0.15, 0.2) is 0 Å². The van der Waals surface area contributed by atoms with E-state index in [9.17, 15) is 0 Å². The molecule has 0 atom stereocenters. The molecular formula is C14H26N2O. The Labute approximate surface area is 106 Å². The van der Waals surface area contributed by atoms with Crippen LogP contribution >= 0.6 is 0 Å². The summed E-state index contributed by atoms with van der Waals surface area (Å²) in [5.41, 5.74) is 0.744. The second-order valence-electron chi connectivity index (χ2n) is 6.17. The van der Waals surface area contributed by atoms with Crippen LogP contribution in [0.3, 0.4) is 0 Å². The Balaban J connectivity index is 2.16. The van der Waals surface area contributed by atoms with E-state index in [4.69, 9.17) is 10.00 Å². The van der Waals surface area contributed by atoms with Crippen LogP contribution in [0.25, 0.3) is 0 Å². The van der Waals surface area contributed by atoms with Crippen molar-refractivity contribution in [3.05, 3.63) is 0 Å². The highest BCUT2D eigenvalue weighted by atomic mass is 16.5. The summed E-state index contributed by atoms with van der Waals surface area (Å²) < 4.78 is 5.15.